The van der Waals surface area contributed by atoms with Gasteiger partial charge in [-0.2, -0.15) is 0 Å². The lowest BCUT2D eigenvalue weighted by atomic mass is 10.2. The average molecular weight is 277 g/mol. The molecule has 0 spiro atoms. The quantitative estimate of drug-likeness (QED) is 0.782. The third-order valence-electron chi connectivity index (χ3n) is 3.29. The van der Waals surface area contributed by atoms with Gasteiger partial charge in [-0.25, -0.2) is 4.39 Å². The van der Waals surface area contributed by atoms with Crippen molar-refractivity contribution in [2.24, 2.45) is 0 Å². The summed E-state index contributed by atoms with van der Waals surface area (Å²) >= 11 is 1.66. The largest absolute Gasteiger partial charge is 0.306 e. The number of hydrogen-bond donors (Lipinski definition) is 0. The molecule has 19 heavy (non-hydrogen) atoms. The average Bonchev–Trinajstić information content (AvgIpc) is 3.19. The molecule has 3 nitrogen and oxygen atoms in total. The van der Waals surface area contributed by atoms with E-state index >= 15 is 0 Å². The normalized spacial score (nSPS) is 14.8. The molecule has 1 fully saturated rings. The Bertz CT molecular complexity index is 561. The molecule has 100 valence electrons. The molecule has 1 aromatic heterocycles. The Kier molecular flexibility index (Phi) is 3.55. The van der Waals surface area contributed by atoms with Gasteiger partial charge in [0, 0.05) is 18.2 Å². The molecule has 0 atom stereocenters. The zero-order chi connectivity index (χ0) is 13.2. The van der Waals surface area contributed by atoms with E-state index in [0.29, 0.717) is 5.92 Å². The van der Waals surface area contributed by atoms with E-state index < -0.39 is 0 Å². The number of aromatic nitrogens is 3. The minimum Gasteiger partial charge on any atom is -0.306 e. The van der Waals surface area contributed by atoms with E-state index in [-0.39, 0.29) is 5.82 Å². The monoisotopic (exact) mass is 277 g/mol. The van der Waals surface area contributed by atoms with Crippen LogP contribution in [0.1, 0.15) is 37.1 Å². The summed E-state index contributed by atoms with van der Waals surface area (Å²) in [7, 11) is 0. The maximum absolute atomic E-state index is 12.8. The lowest BCUT2D eigenvalue weighted by Crippen LogP contribution is -2.01. The van der Waals surface area contributed by atoms with Gasteiger partial charge in [0.1, 0.15) is 11.6 Å². The molecule has 0 unspecified atom stereocenters. The number of rotatable bonds is 5. The van der Waals surface area contributed by atoms with Crippen molar-refractivity contribution in [3.63, 3.8) is 0 Å². The standard InChI is InChI=1S/C14H16FN3S/c1-2-18-13(11-5-6-11)16-17-14(18)19-9-10-3-7-12(15)8-4-10/h3-4,7-8,11H,2,5-6,9H2,1H3. The van der Waals surface area contributed by atoms with Gasteiger partial charge < -0.3 is 4.57 Å². The van der Waals surface area contributed by atoms with Crippen LogP contribution in [-0.4, -0.2) is 14.8 Å². The molecule has 0 N–H and O–H groups in total. The van der Waals surface area contributed by atoms with Crippen LogP contribution in [0.5, 0.6) is 0 Å². The second-order valence-electron chi connectivity index (χ2n) is 4.77. The van der Waals surface area contributed by atoms with Crippen LogP contribution in [0, 0.1) is 5.82 Å². The molecule has 0 aliphatic heterocycles. The second-order valence-corrected chi connectivity index (χ2v) is 5.72. The van der Waals surface area contributed by atoms with E-state index in [4.69, 9.17) is 0 Å². The highest BCUT2D eigenvalue weighted by atomic mass is 32.2. The van der Waals surface area contributed by atoms with Crippen molar-refractivity contribution in [1.29, 1.82) is 0 Å². The summed E-state index contributed by atoms with van der Waals surface area (Å²) in [4.78, 5) is 0. The molecule has 1 heterocycles. The van der Waals surface area contributed by atoms with E-state index in [1.807, 2.05) is 12.1 Å². The fraction of sp³-hybridized carbons (Fsp3) is 0.429. The molecule has 0 amide bonds. The van der Waals surface area contributed by atoms with Crippen LogP contribution in [0.25, 0.3) is 0 Å². The fourth-order valence-corrected chi connectivity index (χ4v) is 3.04. The highest BCUT2D eigenvalue weighted by Gasteiger charge is 2.29. The molecule has 1 saturated carbocycles. The van der Waals surface area contributed by atoms with Gasteiger partial charge in [0.05, 0.1) is 0 Å². The number of hydrogen-bond acceptors (Lipinski definition) is 3. The van der Waals surface area contributed by atoms with Gasteiger partial charge in [0.25, 0.3) is 0 Å². The molecule has 5 heteroatoms. The second kappa shape index (κ2) is 5.33. The van der Waals surface area contributed by atoms with Crippen LogP contribution in [0.2, 0.25) is 0 Å². The molecule has 0 radical (unpaired) electrons. The number of thioether (sulfide) groups is 1. The summed E-state index contributed by atoms with van der Waals surface area (Å²) in [5.74, 6) is 2.35. The molecular weight excluding hydrogens is 261 g/mol. The summed E-state index contributed by atoms with van der Waals surface area (Å²) in [5.41, 5.74) is 1.10. The summed E-state index contributed by atoms with van der Waals surface area (Å²) in [6, 6.07) is 6.62. The Morgan fingerprint density at radius 1 is 1.26 bits per heavy atom. The van der Waals surface area contributed by atoms with E-state index in [2.05, 4.69) is 21.7 Å². The third-order valence-corrected chi connectivity index (χ3v) is 4.32. The maximum Gasteiger partial charge on any atom is 0.191 e. The van der Waals surface area contributed by atoms with E-state index in [1.54, 1.807) is 11.8 Å². The lowest BCUT2D eigenvalue weighted by molar-refractivity contribution is 0.627. The van der Waals surface area contributed by atoms with E-state index in [1.165, 1.54) is 25.0 Å². The summed E-state index contributed by atoms with van der Waals surface area (Å²) < 4.78 is 15.0. The maximum atomic E-state index is 12.8. The van der Waals surface area contributed by atoms with Gasteiger partial charge >= 0.3 is 0 Å². The Labute approximate surface area is 116 Å². The van der Waals surface area contributed by atoms with Crippen LogP contribution in [0.15, 0.2) is 29.4 Å². The van der Waals surface area contributed by atoms with Crippen molar-refractivity contribution in [3.05, 3.63) is 41.5 Å². The van der Waals surface area contributed by atoms with Crippen LogP contribution in [0.4, 0.5) is 4.39 Å². The van der Waals surface area contributed by atoms with Gasteiger partial charge in [-0.3, -0.25) is 0 Å². The first-order valence-electron chi connectivity index (χ1n) is 6.58. The first-order chi connectivity index (χ1) is 9.28. The summed E-state index contributed by atoms with van der Waals surface area (Å²) in [6.45, 7) is 3.03. The molecule has 0 saturated heterocycles. The van der Waals surface area contributed by atoms with E-state index in [9.17, 15) is 4.39 Å². The molecule has 1 aliphatic carbocycles. The molecular formula is C14H16FN3S. The van der Waals surface area contributed by atoms with Gasteiger partial charge in [-0.15, -0.1) is 10.2 Å². The van der Waals surface area contributed by atoms with Crippen LogP contribution < -0.4 is 0 Å². The third kappa shape index (κ3) is 2.81. The summed E-state index contributed by atoms with van der Waals surface area (Å²) in [5, 5.41) is 9.56. The van der Waals surface area contributed by atoms with E-state index in [0.717, 1.165) is 28.8 Å². The highest BCUT2D eigenvalue weighted by Crippen LogP contribution is 2.40. The summed E-state index contributed by atoms with van der Waals surface area (Å²) in [6.07, 6.45) is 2.47. The Morgan fingerprint density at radius 2 is 2.00 bits per heavy atom. The Balaban J connectivity index is 1.71. The Hall–Kier alpha value is -1.36. The highest BCUT2D eigenvalue weighted by molar-refractivity contribution is 7.98. The predicted molar refractivity (Wildman–Crippen MR) is 73.6 cm³/mol. The molecule has 2 aromatic rings. The molecule has 3 rings (SSSR count). The molecule has 0 bridgehead atoms. The number of benzene rings is 1. The minimum absolute atomic E-state index is 0.193. The van der Waals surface area contributed by atoms with Gasteiger partial charge in [-0.05, 0) is 37.5 Å². The number of nitrogens with zero attached hydrogens (tertiary/aromatic N) is 3. The van der Waals surface area contributed by atoms with Gasteiger partial charge in [-0.1, -0.05) is 23.9 Å². The number of halogens is 1. The van der Waals surface area contributed by atoms with Crippen molar-refractivity contribution in [1.82, 2.24) is 14.8 Å². The molecule has 1 aromatic carbocycles. The first kappa shape index (κ1) is 12.7. The topological polar surface area (TPSA) is 30.7 Å². The van der Waals surface area contributed by atoms with Crippen molar-refractivity contribution in [3.8, 4) is 0 Å². The molecule has 1 aliphatic rings. The van der Waals surface area contributed by atoms with Crippen molar-refractivity contribution < 1.29 is 4.39 Å². The Morgan fingerprint density at radius 3 is 2.63 bits per heavy atom. The van der Waals surface area contributed by atoms with Crippen molar-refractivity contribution >= 4 is 11.8 Å². The fourth-order valence-electron chi connectivity index (χ4n) is 2.08. The van der Waals surface area contributed by atoms with Crippen molar-refractivity contribution in [2.45, 2.75) is 43.1 Å². The predicted octanol–water partition coefficient (Wildman–Crippen LogP) is 3.61. The van der Waals surface area contributed by atoms with Gasteiger partial charge in [0.15, 0.2) is 5.16 Å². The first-order valence-corrected chi connectivity index (χ1v) is 7.57. The zero-order valence-corrected chi connectivity index (χ0v) is 11.7. The van der Waals surface area contributed by atoms with Crippen LogP contribution in [-0.2, 0) is 12.3 Å². The minimum atomic E-state index is -0.193. The lowest BCUT2D eigenvalue weighted by Gasteiger charge is -2.06. The van der Waals surface area contributed by atoms with Crippen LogP contribution >= 0.6 is 11.8 Å². The smallest absolute Gasteiger partial charge is 0.191 e. The van der Waals surface area contributed by atoms with Crippen LogP contribution in [0.3, 0.4) is 0 Å². The van der Waals surface area contributed by atoms with Crippen molar-refractivity contribution in [2.75, 3.05) is 0 Å². The zero-order valence-electron chi connectivity index (χ0n) is 10.8. The SMILES string of the molecule is CCn1c(SCc2ccc(F)cc2)nnc1C1CC1. The van der Waals surface area contributed by atoms with Gasteiger partial charge in [0.2, 0.25) is 0 Å².